The summed E-state index contributed by atoms with van der Waals surface area (Å²) in [6.07, 6.45) is 30.4. The number of aryl methyl sites for hydroxylation is 1. The zero-order valence-electron chi connectivity index (χ0n) is 40.7. The molecule has 15 nitrogen and oxygen atoms in total. The number of hydrazine groups is 1. The topological polar surface area (TPSA) is 207 Å². The van der Waals surface area contributed by atoms with Crippen molar-refractivity contribution in [3.63, 3.8) is 0 Å². The Bertz CT molecular complexity index is 1780. The van der Waals surface area contributed by atoms with Gasteiger partial charge in [-0.2, -0.15) is 10.2 Å². The number of nitrogens with zero attached hydrogens (tertiary/aromatic N) is 4. The summed E-state index contributed by atoms with van der Waals surface area (Å²) in [5.74, 6) is 2.46. The van der Waals surface area contributed by atoms with Crippen LogP contribution in [-0.2, 0) is 54.3 Å². The standard InChI is InChI=1S/2C16H24N2O2.C10H14O4.C6H14N2.C2H6O.ClH/c1-2-20-16(19)15-13-10-6-7-11-14(13)18(17-15)12-8-4-3-5-9-12;1-2-20-16(19)15-13-10-6-7-11-14(13)17-18(15)12-8-4-3-5-9-12;1-2-14-10(13)9(12)7-5-3-4-6-8(7)11;7-8-6-4-2-1-3-5-6;1-2-3;/h2*12H,2-11H2,1H3;7H,2-6H2,1H3;6,8H,1-5,7H2;3H,2H2,1H3;1H. The van der Waals surface area contributed by atoms with Gasteiger partial charge in [-0.1, -0.05) is 64.2 Å². The number of nitrogens with two attached hydrogens (primary N) is 1. The van der Waals surface area contributed by atoms with Gasteiger partial charge in [0, 0.05) is 35.9 Å². The Morgan fingerprint density at radius 3 is 1.64 bits per heavy atom. The molecular weight excluding hydrogens is 864 g/mol. The SMILES string of the molecule is CCO.CCOC(=O)C(=O)C1CCCCC1=O.CCOC(=O)c1c2c(nn1C1CCCCC1)CCCC2.CCOC(=O)c1nn(C2CCCCC2)c2c1CCCC2.Cl.NNC1CCCCC1. The molecule has 1 atom stereocenters. The molecule has 2 heterocycles. The molecule has 374 valence electrons. The van der Waals surface area contributed by atoms with E-state index in [4.69, 9.17) is 25.5 Å². The van der Waals surface area contributed by atoms with Crippen LogP contribution in [0.5, 0.6) is 0 Å². The molecule has 4 N–H and O–H groups in total. The van der Waals surface area contributed by atoms with Gasteiger partial charge in [0.25, 0.3) is 0 Å². The summed E-state index contributed by atoms with van der Waals surface area (Å²) in [5.41, 5.74) is 8.94. The smallest absolute Gasteiger partial charge is 0.375 e. The fourth-order valence-electron chi connectivity index (χ4n) is 10.1. The van der Waals surface area contributed by atoms with Gasteiger partial charge in [0.2, 0.25) is 5.78 Å². The third-order valence-electron chi connectivity index (χ3n) is 13.4. The number of carbonyl (C=O) groups is 5. The van der Waals surface area contributed by atoms with Crippen molar-refractivity contribution in [2.75, 3.05) is 26.4 Å². The number of fused-ring (bicyclic) bond motifs is 2. The van der Waals surface area contributed by atoms with Crippen LogP contribution < -0.4 is 11.3 Å². The fourth-order valence-corrected chi connectivity index (χ4v) is 10.1. The van der Waals surface area contributed by atoms with Crippen molar-refractivity contribution in [1.29, 1.82) is 0 Å². The molecule has 2 aromatic rings. The molecule has 0 aliphatic heterocycles. The maximum absolute atomic E-state index is 12.4. The lowest BCUT2D eigenvalue weighted by Gasteiger charge is -2.25. The van der Waals surface area contributed by atoms with Crippen molar-refractivity contribution in [3.05, 3.63) is 33.9 Å². The van der Waals surface area contributed by atoms with Crippen molar-refractivity contribution in [2.45, 2.75) is 219 Å². The van der Waals surface area contributed by atoms with E-state index < -0.39 is 17.7 Å². The molecule has 0 radical (unpaired) electrons. The van der Waals surface area contributed by atoms with E-state index in [0.717, 1.165) is 75.6 Å². The fraction of sp³-hybridized carbons (Fsp3) is 0.780. The van der Waals surface area contributed by atoms with Crippen LogP contribution in [0.3, 0.4) is 0 Å². The molecule has 4 saturated carbocycles. The number of carbonyl (C=O) groups excluding carboxylic acids is 5. The van der Waals surface area contributed by atoms with Crippen LogP contribution in [0.4, 0.5) is 0 Å². The summed E-state index contributed by atoms with van der Waals surface area (Å²) in [7, 11) is 0. The van der Waals surface area contributed by atoms with E-state index in [0.29, 0.717) is 49.9 Å². The monoisotopic (exact) mass is 947 g/mol. The number of ketones is 2. The number of aliphatic hydroxyl groups excluding tert-OH is 1. The van der Waals surface area contributed by atoms with Crippen molar-refractivity contribution in [3.8, 4) is 0 Å². The minimum absolute atomic E-state index is 0. The van der Waals surface area contributed by atoms with Gasteiger partial charge in [-0.3, -0.25) is 30.2 Å². The molecule has 6 aliphatic rings. The quantitative estimate of drug-likeness (QED) is 0.0508. The van der Waals surface area contributed by atoms with E-state index in [9.17, 15) is 24.0 Å². The first-order valence-corrected chi connectivity index (χ1v) is 25.5. The minimum atomic E-state index is -0.868. The third-order valence-corrected chi connectivity index (χ3v) is 13.4. The summed E-state index contributed by atoms with van der Waals surface area (Å²) >= 11 is 0. The van der Waals surface area contributed by atoms with Gasteiger partial charge in [-0.25, -0.2) is 14.4 Å². The molecule has 0 aromatic carbocycles. The second kappa shape index (κ2) is 31.4. The lowest BCUT2D eigenvalue weighted by molar-refractivity contribution is -0.157. The van der Waals surface area contributed by atoms with Crippen LogP contribution in [-0.4, -0.2) is 86.6 Å². The second-order valence-corrected chi connectivity index (χ2v) is 18.0. The number of aromatic nitrogens is 4. The Kier molecular flexibility index (Phi) is 27.0. The zero-order chi connectivity index (χ0) is 47.0. The molecule has 0 bridgehead atoms. The van der Waals surface area contributed by atoms with Gasteiger partial charge >= 0.3 is 17.9 Å². The Labute approximate surface area is 400 Å². The average Bonchev–Trinajstić information content (AvgIpc) is 3.94. The zero-order valence-corrected chi connectivity index (χ0v) is 41.5. The highest BCUT2D eigenvalue weighted by Crippen LogP contribution is 2.35. The highest BCUT2D eigenvalue weighted by Gasteiger charge is 2.34. The van der Waals surface area contributed by atoms with Crippen LogP contribution in [0.1, 0.15) is 231 Å². The van der Waals surface area contributed by atoms with E-state index in [-0.39, 0.29) is 43.3 Å². The van der Waals surface area contributed by atoms with Crippen LogP contribution in [0.25, 0.3) is 0 Å². The third kappa shape index (κ3) is 16.8. The highest BCUT2D eigenvalue weighted by atomic mass is 35.5. The molecule has 0 saturated heterocycles. The maximum atomic E-state index is 12.4. The van der Waals surface area contributed by atoms with Crippen LogP contribution >= 0.6 is 12.4 Å². The Morgan fingerprint density at radius 1 is 0.606 bits per heavy atom. The van der Waals surface area contributed by atoms with Crippen LogP contribution in [0.15, 0.2) is 0 Å². The molecule has 16 heteroatoms. The first-order chi connectivity index (χ1) is 31.6. The van der Waals surface area contributed by atoms with E-state index in [2.05, 4.69) is 19.9 Å². The highest BCUT2D eigenvalue weighted by molar-refractivity contribution is 6.38. The Balaban J connectivity index is 0.000000237. The van der Waals surface area contributed by atoms with Crippen LogP contribution in [0.2, 0.25) is 0 Å². The normalized spacial score (nSPS) is 19.7. The molecule has 0 amide bonds. The summed E-state index contributed by atoms with van der Waals surface area (Å²) in [6, 6.07) is 1.51. The Morgan fingerprint density at radius 2 is 1.09 bits per heavy atom. The van der Waals surface area contributed by atoms with Gasteiger partial charge in [-0.15, -0.1) is 12.4 Å². The molecule has 4 fully saturated rings. The average molecular weight is 948 g/mol. The second-order valence-electron chi connectivity index (χ2n) is 18.0. The molecule has 66 heavy (non-hydrogen) atoms. The largest absolute Gasteiger partial charge is 0.461 e. The van der Waals surface area contributed by atoms with Crippen LogP contribution in [0, 0.1) is 5.92 Å². The van der Waals surface area contributed by atoms with Gasteiger partial charge in [0.15, 0.2) is 5.69 Å². The summed E-state index contributed by atoms with van der Waals surface area (Å²) in [4.78, 5) is 58.3. The number of halogens is 1. The summed E-state index contributed by atoms with van der Waals surface area (Å²) in [5, 5.41) is 17.0. The Hall–Kier alpha value is -3.66. The predicted octanol–water partition coefficient (Wildman–Crippen LogP) is 8.97. The molecule has 6 aliphatic carbocycles. The summed E-state index contributed by atoms with van der Waals surface area (Å²) in [6.45, 7) is 8.31. The number of hydrogen-bond acceptors (Lipinski definition) is 13. The lowest BCUT2D eigenvalue weighted by Crippen LogP contribution is -2.36. The number of ether oxygens (including phenoxy) is 3. The molecule has 8 rings (SSSR count). The number of aliphatic hydroxyl groups is 1. The van der Waals surface area contributed by atoms with Crippen molar-refractivity contribution in [1.82, 2.24) is 25.0 Å². The van der Waals surface area contributed by atoms with Crippen molar-refractivity contribution in [2.24, 2.45) is 11.8 Å². The van der Waals surface area contributed by atoms with Crippen molar-refractivity contribution < 1.29 is 43.3 Å². The van der Waals surface area contributed by atoms with E-state index in [1.54, 1.807) is 13.8 Å². The maximum Gasteiger partial charge on any atom is 0.375 e. The number of nitrogens with one attached hydrogen (secondary N) is 1. The van der Waals surface area contributed by atoms with E-state index in [1.165, 1.54) is 113 Å². The molecule has 1 unspecified atom stereocenters. The first kappa shape index (κ1) is 56.7. The molecule has 0 spiro atoms. The van der Waals surface area contributed by atoms with Crippen molar-refractivity contribution >= 4 is 41.9 Å². The lowest BCUT2D eigenvalue weighted by atomic mass is 9.85. The van der Waals surface area contributed by atoms with E-state index >= 15 is 0 Å². The summed E-state index contributed by atoms with van der Waals surface area (Å²) < 4.78 is 19.2. The number of hydrogen-bond donors (Lipinski definition) is 3. The predicted molar refractivity (Wildman–Crippen MR) is 257 cm³/mol. The van der Waals surface area contributed by atoms with Gasteiger partial charge in [0.05, 0.1) is 43.5 Å². The van der Waals surface area contributed by atoms with E-state index in [1.807, 2.05) is 18.5 Å². The first-order valence-electron chi connectivity index (χ1n) is 25.5. The molecular formula is C50H83ClN6O9. The van der Waals surface area contributed by atoms with Gasteiger partial charge in [0.1, 0.15) is 11.5 Å². The number of rotatable bonds is 10. The van der Waals surface area contributed by atoms with Gasteiger partial charge in [-0.05, 0) is 130 Å². The minimum Gasteiger partial charge on any atom is -0.461 e. The van der Waals surface area contributed by atoms with Gasteiger partial charge < -0.3 is 19.3 Å². The molecule has 2 aromatic heterocycles. The number of Topliss-reactive ketones (excluding diaryl/α,β-unsaturated/α-hetero) is 2. The number of esters is 3.